The molecule has 0 atom stereocenters. The molecule has 0 radical (unpaired) electrons. The van der Waals surface area contributed by atoms with Gasteiger partial charge in [0.15, 0.2) is 0 Å². The van der Waals surface area contributed by atoms with Crippen LogP contribution in [-0.4, -0.2) is 13.7 Å². The zero-order valence-corrected chi connectivity index (χ0v) is 23.8. The van der Waals surface area contributed by atoms with Gasteiger partial charge in [0, 0.05) is 49.4 Å². The molecular formula is C42H27N3. The summed E-state index contributed by atoms with van der Waals surface area (Å²) >= 11 is 0. The molecule has 0 aliphatic heterocycles. The molecule has 0 saturated carbocycles. The lowest BCUT2D eigenvalue weighted by Gasteiger charge is -2.12. The van der Waals surface area contributed by atoms with Gasteiger partial charge in [0.2, 0.25) is 0 Å². The van der Waals surface area contributed by atoms with Crippen LogP contribution in [0.1, 0.15) is 11.0 Å². The van der Waals surface area contributed by atoms with Crippen LogP contribution in [0.25, 0.3) is 82.5 Å². The first-order chi connectivity index (χ1) is 25.7. The van der Waals surface area contributed by atoms with Crippen molar-refractivity contribution in [3.63, 3.8) is 0 Å². The molecule has 0 aliphatic rings. The van der Waals surface area contributed by atoms with Crippen molar-refractivity contribution in [3.8, 4) is 17.1 Å². The van der Waals surface area contributed by atoms with Crippen LogP contribution in [-0.2, 0) is 0 Å². The average molecular weight is 582 g/mol. The van der Waals surface area contributed by atoms with Crippen LogP contribution in [0.4, 0.5) is 0 Å². The van der Waals surface area contributed by atoms with Crippen LogP contribution in [0.5, 0.6) is 0 Å². The molecule has 10 aromatic rings. The van der Waals surface area contributed by atoms with Gasteiger partial charge < -0.3 is 13.7 Å². The molecule has 0 saturated heterocycles. The van der Waals surface area contributed by atoms with E-state index in [1.165, 1.54) is 0 Å². The van der Waals surface area contributed by atoms with Gasteiger partial charge in [-0.15, -0.1) is 0 Å². The van der Waals surface area contributed by atoms with E-state index in [9.17, 15) is 0 Å². The average Bonchev–Trinajstić information content (AvgIpc) is 3.84. The molecule has 0 N–H and O–H groups in total. The molecule has 7 aromatic carbocycles. The van der Waals surface area contributed by atoms with Gasteiger partial charge in [0.1, 0.15) is 0 Å². The Hall–Kier alpha value is -6.06. The molecule has 0 unspecified atom stereocenters. The minimum absolute atomic E-state index is 0.0580. The first kappa shape index (κ1) is 17.9. The Labute approximate surface area is 270 Å². The van der Waals surface area contributed by atoms with Crippen molar-refractivity contribution in [3.05, 3.63) is 164 Å². The molecule has 210 valence electrons. The van der Waals surface area contributed by atoms with E-state index in [0.29, 0.717) is 5.69 Å². The predicted molar refractivity (Wildman–Crippen MR) is 189 cm³/mol. The van der Waals surface area contributed by atoms with Gasteiger partial charge in [0.25, 0.3) is 0 Å². The number of fused-ring (bicyclic) bond motifs is 9. The Bertz CT molecular complexity index is 3130. The molecule has 0 bridgehead atoms. The molecule has 3 aromatic heterocycles. The zero-order chi connectivity index (χ0) is 36.4. The Morgan fingerprint density at radius 1 is 0.311 bits per heavy atom. The maximum Gasteiger partial charge on any atom is 0.0645 e. The van der Waals surface area contributed by atoms with Crippen LogP contribution in [0, 0.1) is 0 Å². The number of benzene rings is 7. The zero-order valence-electron chi connectivity index (χ0n) is 31.8. The summed E-state index contributed by atoms with van der Waals surface area (Å²) in [5.41, 5.74) is 6.76. The highest BCUT2D eigenvalue weighted by Crippen LogP contribution is 2.39. The molecule has 0 amide bonds. The summed E-state index contributed by atoms with van der Waals surface area (Å²) in [6.07, 6.45) is 0. The minimum Gasteiger partial charge on any atom is -0.309 e. The number of nitrogens with zero attached hydrogens (tertiary/aromatic N) is 3. The van der Waals surface area contributed by atoms with E-state index in [1.807, 2.05) is 54.6 Å². The molecule has 10 rings (SSSR count). The number of aromatic nitrogens is 3. The molecule has 3 heterocycles. The molecule has 0 fully saturated rings. The second kappa shape index (κ2) is 9.22. The Kier molecular flexibility index (Phi) is 3.67. The van der Waals surface area contributed by atoms with Crippen molar-refractivity contribution >= 4 is 65.4 Å². The standard InChI is InChI=1S/C42H27N3/c1-2-12-28(13-3-1)43-37-18-8-6-16-33(37)35-24-22-30(27-42(35)43)45-40-21-11-7-17-34(40)36-26-29(23-25-41(36)45)44-38-19-9-4-14-31(38)32-15-5-10-20-39(32)44/h1-27H/i4D,5D,9D,10D,14D,15D,19D,20D. The van der Waals surface area contributed by atoms with Gasteiger partial charge >= 0.3 is 0 Å². The van der Waals surface area contributed by atoms with E-state index < -0.39 is 24.2 Å². The second-order valence-electron chi connectivity index (χ2n) is 11.2. The highest BCUT2D eigenvalue weighted by atomic mass is 15.0. The molecule has 0 spiro atoms. The third-order valence-corrected chi connectivity index (χ3v) is 8.88. The smallest absolute Gasteiger partial charge is 0.0645 e. The fourth-order valence-corrected chi connectivity index (χ4v) is 7.01. The first-order valence-corrected chi connectivity index (χ1v) is 14.8. The summed E-state index contributed by atoms with van der Waals surface area (Å²) < 4.78 is 75.4. The maximum absolute atomic E-state index is 8.96. The molecule has 3 heteroatoms. The highest BCUT2D eigenvalue weighted by Gasteiger charge is 2.18. The van der Waals surface area contributed by atoms with Crippen LogP contribution in [0.3, 0.4) is 0 Å². The third kappa shape index (κ3) is 3.41. The van der Waals surface area contributed by atoms with Crippen LogP contribution < -0.4 is 0 Å². The number of para-hydroxylation sites is 5. The summed E-state index contributed by atoms with van der Waals surface area (Å²) in [4.78, 5) is 0. The summed E-state index contributed by atoms with van der Waals surface area (Å²) in [6.45, 7) is 0. The lowest BCUT2D eigenvalue weighted by molar-refractivity contribution is 1.15. The van der Waals surface area contributed by atoms with E-state index >= 15 is 0 Å². The largest absolute Gasteiger partial charge is 0.309 e. The monoisotopic (exact) mass is 581 g/mol. The Morgan fingerprint density at radius 3 is 1.51 bits per heavy atom. The molecule has 45 heavy (non-hydrogen) atoms. The third-order valence-electron chi connectivity index (χ3n) is 8.88. The van der Waals surface area contributed by atoms with Crippen molar-refractivity contribution in [2.45, 2.75) is 0 Å². The summed E-state index contributed by atoms with van der Waals surface area (Å²) in [5.74, 6) is 0. The second-order valence-corrected chi connectivity index (χ2v) is 11.2. The van der Waals surface area contributed by atoms with Crippen LogP contribution in [0.2, 0.25) is 0 Å². The SMILES string of the molecule is [2H]c1c([2H])c([2H])c2c(c1[2H])c1c([2H])c([2H])c([2H])c([2H])c1n2-c1ccc2c(c1)c1ccccc1n2-c1ccc2c3ccccc3n(-c3ccccc3)c2c1. The Morgan fingerprint density at radius 2 is 0.800 bits per heavy atom. The minimum atomic E-state index is -0.462. The maximum atomic E-state index is 8.96. The lowest BCUT2D eigenvalue weighted by atomic mass is 10.1. The molecular weight excluding hydrogens is 546 g/mol. The molecule has 0 aliphatic carbocycles. The van der Waals surface area contributed by atoms with Crippen molar-refractivity contribution in [2.75, 3.05) is 0 Å². The topological polar surface area (TPSA) is 14.8 Å². The van der Waals surface area contributed by atoms with E-state index in [2.05, 4.69) is 69.8 Å². The van der Waals surface area contributed by atoms with Crippen LogP contribution >= 0.6 is 0 Å². The number of hydrogen-bond acceptors (Lipinski definition) is 0. The van der Waals surface area contributed by atoms with Crippen molar-refractivity contribution in [1.82, 2.24) is 13.7 Å². The van der Waals surface area contributed by atoms with Gasteiger partial charge in [0.05, 0.1) is 44.1 Å². The summed E-state index contributed by atoms with van der Waals surface area (Å²) in [7, 11) is 0. The van der Waals surface area contributed by atoms with Crippen molar-refractivity contribution < 1.29 is 11.0 Å². The van der Waals surface area contributed by atoms with Gasteiger partial charge in [-0.1, -0.05) is 96.9 Å². The van der Waals surface area contributed by atoms with Gasteiger partial charge in [-0.05, 0) is 66.7 Å². The predicted octanol–water partition coefficient (Wildman–Crippen LogP) is 11.0. The fourth-order valence-electron chi connectivity index (χ4n) is 7.01. The van der Waals surface area contributed by atoms with Crippen molar-refractivity contribution in [1.29, 1.82) is 0 Å². The normalized spacial score (nSPS) is 14.5. The fraction of sp³-hybridized carbons (Fsp3) is 0. The van der Waals surface area contributed by atoms with Crippen molar-refractivity contribution in [2.24, 2.45) is 0 Å². The van der Waals surface area contributed by atoms with E-state index in [-0.39, 0.29) is 46.0 Å². The van der Waals surface area contributed by atoms with E-state index in [1.54, 1.807) is 4.57 Å². The lowest BCUT2D eigenvalue weighted by Crippen LogP contribution is -1.97. The van der Waals surface area contributed by atoms with E-state index in [0.717, 1.165) is 55.0 Å². The van der Waals surface area contributed by atoms with Gasteiger partial charge in [-0.25, -0.2) is 0 Å². The van der Waals surface area contributed by atoms with Crippen LogP contribution in [0.15, 0.2) is 164 Å². The number of rotatable bonds is 3. The van der Waals surface area contributed by atoms with E-state index in [4.69, 9.17) is 11.0 Å². The molecule has 3 nitrogen and oxygen atoms in total. The first-order valence-electron chi connectivity index (χ1n) is 18.8. The van der Waals surface area contributed by atoms with Gasteiger partial charge in [-0.3, -0.25) is 0 Å². The Balaban J connectivity index is 1.29. The highest BCUT2D eigenvalue weighted by molar-refractivity contribution is 6.13. The summed E-state index contributed by atoms with van der Waals surface area (Å²) in [5, 5.41) is 4.24. The van der Waals surface area contributed by atoms with Gasteiger partial charge in [-0.2, -0.15) is 0 Å². The number of hydrogen-bond donors (Lipinski definition) is 0. The quantitative estimate of drug-likeness (QED) is 0.197. The summed E-state index contributed by atoms with van der Waals surface area (Å²) in [6, 6.07) is 35.9.